The summed E-state index contributed by atoms with van der Waals surface area (Å²) in [6.07, 6.45) is 1.03. The Bertz CT molecular complexity index is 673. The van der Waals surface area contributed by atoms with Crippen LogP contribution in [-0.4, -0.2) is 23.9 Å². The average molecular weight is 386 g/mol. The SMILES string of the molecule is O=C(CN1CCc2sccc2C1)Nc1ccc(Br)cc1Cl. The van der Waals surface area contributed by atoms with Gasteiger partial charge in [0.1, 0.15) is 0 Å². The van der Waals surface area contributed by atoms with Gasteiger partial charge in [-0.2, -0.15) is 0 Å². The number of fused-ring (bicyclic) bond motifs is 1. The third kappa shape index (κ3) is 3.66. The summed E-state index contributed by atoms with van der Waals surface area (Å²) < 4.78 is 0.895. The Morgan fingerprint density at radius 2 is 2.29 bits per heavy atom. The molecule has 3 nitrogen and oxygen atoms in total. The van der Waals surface area contributed by atoms with E-state index in [0.29, 0.717) is 17.3 Å². The van der Waals surface area contributed by atoms with Crippen LogP contribution in [0.1, 0.15) is 10.4 Å². The first-order valence-corrected chi connectivity index (χ1v) is 8.69. The maximum Gasteiger partial charge on any atom is 0.238 e. The number of halogens is 2. The van der Waals surface area contributed by atoms with Crippen LogP contribution in [0.4, 0.5) is 5.69 Å². The molecule has 0 unspecified atom stereocenters. The van der Waals surface area contributed by atoms with E-state index in [2.05, 4.69) is 37.6 Å². The van der Waals surface area contributed by atoms with Gasteiger partial charge in [-0.05, 0) is 41.6 Å². The first-order valence-electron chi connectivity index (χ1n) is 6.64. The van der Waals surface area contributed by atoms with Crippen LogP contribution in [0, 0.1) is 0 Å². The van der Waals surface area contributed by atoms with Crippen LogP contribution >= 0.6 is 38.9 Å². The van der Waals surface area contributed by atoms with E-state index in [1.54, 1.807) is 23.5 Å². The normalized spacial score (nSPS) is 14.8. The van der Waals surface area contributed by atoms with E-state index in [-0.39, 0.29) is 5.91 Å². The van der Waals surface area contributed by atoms with E-state index in [4.69, 9.17) is 11.6 Å². The molecule has 0 radical (unpaired) electrons. The highest BCUT2D eigenvalue weighted by molar-refractivity contribution is 9.10. The molecular weight excluding hydrogens is 372 g/mol. The molecule has 0 saturated heterocycles. The fourth-order valence-electron chi connectivity index (χ4n) is 2.43. The Morgan fingerprint density at radius 3 is 3.10 bits per heavy atom. The maximum absolute atomic E-state index is 12.1. The van der Waals surface area contributed by atoms with Crippen molar-refractivity contribution in [3.63, 3.8) is 0 Å². The molecule has 1 aromatic carbocycles. The van der Waals surface area contributed by atoms with Crippen molar-refractivity contribution in [2.24, 2.45) is 0 Å². The Kier molecular flexibility index (Phi) is 4.64. The van der Waals surface area contributed by atoms with Crippen LogP contribution in [0.25, 0.3) is 0 Å². The summed E-state index contributed by atoms with van der Waals surface area (Å²) in [6, 6.07) is 7.59. The Labute approximate surface area is 141 Å². The highest BCUT2D eigenvalue weighted by Crippen LogP contribution is 2.26. The molecule has 1 amide bonds. The van der Waals surface area contributed by atoms with Crippen molar-refractivity contribution >= 4 is 50.5 Å². The Balaban J connectivity index is 1.60. The fraction of sp³-hybridized carbons (Fsp3) is 0.267. The summed E-state index contributed by atoms with van der Waals surface area (Å²) >= 11 is 11.3. The first-order chi connectivity index (χ1) is 10.1. The second-order valence-electron chi connectivity index (χ2n) is 5.00. The molecule has 6 heteroatoms. The van der Waals surface area contributed by atoms with E-state index < -0.39 is 0 Å². The molecule has 0 bridgehead atoms. The minimum Gasteiger partial charge on any atom is -0.324 e. The molecule has 0 aliphatic carbocycles. The smallest absolute Gasteiger partial charge is 0.238 e. The third-order valence-corrected chi connectivity index (χ3v) is 5.29. The van der Waals surface area contributed by atoms with Crippen LogP contribution in [-0.2, 0) is 17.8 Å². The molecule has 1 aromatic heterocycles. The van der Waals surface area contributed by atoms with Gasteiger partial charge in [0.05, 0.1) is 17.3 Å². The summed E-state index contributed by atoms with van der Waals surface area (Å²) in [5.74, 6) is -0.0297. The third-order valence-electron chi connectivity index (χ3n) is 3.46. The van der Waals surface area contributed by atoms with Crippen molar-refractivity contribution in [2.45, 2.75) is 13.0 Å². The molecule has 3 rings (SSSR count). The Hall–Kier alpha value is -0.880. The molecule has 1 N–H and O–H groups in total. The minimum absolute atomic E-state index is 0.0297. The van der Waals surface area contributed by atoms with E-state index in [9.17, 15) is 4.79 Å². The number of hydrogen-bond donors (Lipinski definition) is 1. The summed E-state index contributed by atoms with van der Waals surface area (Å²) in [7, 11) is 0. The van der Waals surface area contributed by atoms with Gasteiger partial charge < -0.3 is 5.32 Å². The van der Waals surface area contributed by atoms with E-state index >= 15 is 0 Å². The molecule has 0 spiro atoms. The van der Waals surface area contributed by atoms with Crippen LogP contribution in [0.2, 0.25) is 5.02 Å². The predicted octanol–water partition coefficient (Wildman–Crippen LogP) is 4.16. The van der Waals surface area contributed by atoms with Crippen molar-refractivity contribution < 1.29 is 4.79 Å². The largest absolute Gasteiger partial charge is 0.324 e. The quantitative estimate of drug-likeness (QED) is 0.860. The second-order valence-corrected chi connectivity index (χ2v) is 7.33. The van der Waals surface area contributed by atoms with Crippen molar-refractivity contribution in [1.29, 1.82) is 0 Å². The second kappa shape index (κ2) is 6.48. The summed E-state index contributed by atoms with van der Waals surface area (Å²) in [5.41, 5.74) is 2.00. The van der Waals surface area contributed by atoms with Gasteiger partial charge in [-0.25, -0.2) is 0 Å². The number of anilines is 1. The predicted molar refractivity (Wildman–Crippen MR) is 91.1 cm³/mol. The number of benzene rings is 1. The van der Waals surface area contributed by atoms with Crippen molar-refractivity contribution in [3.05, 3.63) is 49.6 Å². The van der Waals surface area contributed by atoms with Gasteiger partial charge in [0.15, 0.2) is 0 Å². The summed E-state index contributed by atoms with van der Waals surface area (Å²) in [4.78, 5) is 15.8. The summed E-state index contributed by atoms with van der Waals surface area (Å²) in [6.45, 7) is 2.16. The first kappa shape index (κ1) is 15.0. The van der Waals surface area contributed by atoms with Crippen LogP contribution in [0.5, 0.6) is 0 Å². The number of nitrogens with zero attached hydrogens (tertiary/aromatic N) is 1. The van der Waals surface area contributed by atoms with Crippen LogP contribution in [0.15, 0.2) is 34.1 Å². The van der Waals surface area contributed by atoms with Gasteiger partial charge in [-0.1, -0.05) is 27.5 Å². The van der Waals surface area contributed by atoms with Gasteiger partial charge in [0.2, 0.25) is 5.91 Å². The molecule has 0 fully saturated rings. The van der Waals surface area contributed by atoms with Crippen molar-refractivity contribution in [2.75, 3.05) is 18.4 Å². The van der Waals surface area contributed by atoms with Gasteiger partial charge in [-0.3, -0.25) is 9.69 Å². The molecule has 1 aliphatic rings. The zero-order valence-electron chi connectivity index (χ0n) is 11.2. The van der Waals surface area contributed by atoms with E-state index in [0.717, 1.165) is 24.0 Å². The lowest BCUT2D eigenvalue weighted by Gasteiger charge is -2.26. The number of amides is 1. The molecule has 110 valence electrons. The maximum atomic E-state index is 12.1. The lowest BCUT2D eigenvalue weighted by atomic mass is 10.1. The van der Waals surface area contributed by atoms with Crippen LogP contribution in [0.3, 0.4) is 0 Å². The minimum atomic E-state index is -0.0297. The lowest BCUT2D eigenvalue weighted by molar-refractivity contribution is -0.117. The topological polar surface area (TPSA) is 32.3 Å². The number of carbonyl (C=O) groups is 1. The fourth-order valence-corrected chi connectivity index (χ4v) is 4.04. The number of thiophene rings is 1. The van der Waals surface area contributed by atoms with Crippen molar-refractivity contribution in [3.8, 4) is 0 Å². The number of carbonyl (C=O) groups excluding carboxylic acids is 1. The van der Waals surface area contributed by atoms with E-state index in [1.807, 2.05) is 6.07 Å². The van der Waals surface area contributed by atoms with Gasteiger partial charge in [-0.15, -0.1) is 11.3 Å². The van der Waals surface area contributed by atoms with Gasteiger partial charge in [0.25, 0.3) is 0 Å². The van der Waals surface area contributed by atoms with E-state index in [1.165, 1.54) is 10.4 Å². The molecule has 0 saturated carbocycles. The number of nitrogens with one attached hydrogen (secondary N) is 1. The van der Waals surface area contributed by atoms with Crippen LogP contribution < -0.4 is 5.32 Å². The standard InChI is InChI=1S/C15H14BrClN2OS/c16-11-1-2-13(12(17)7-11)18-15(20)9-19-5-3-14-10(8-19)4-6-21-14/h1-2,4,6-7H,3,5,8-9H2,(H,18,20). The summed E-state index contributed by atoms with van der Waals surface area (Å²) in [5, 5.41) is 5.53. The highest BCUT2D eigenvalue weighted by atomic mass is 79.9. The molecule has 2 aromatic rings. The van der Waals surface area contributed by atoms with Gasteiger partial charge >= 0.3 is 0 Å². The monoisotopic (exact) mass is 384 g/mol. The molecule has 0 atom stereocenters. The zero-order valence-corrected chi connectivity index (χ0v) is 14.4. The molecule has 21 heavy (non-hydrogen) atoms. The molecule has 2 heterocycles. The molecular formula is C15H14BrClN2OS. The van der Waals surface area contributed by atoms with Crippen molar-refractivity contribution in [1.82, 2.24) is 4.90 Å². The number of hydrogen-bond acceptors (Lipinski definition) is 3. The zero-order chi connectivity index (χ0) is 14.8. The Morgan fingerprint density at radius 1 is 1.43 bits per heavy atom. The number of rotatable bonds is 3. The molecule has 1 aliphatic heterocycles. The average Bonchev–Trinajstić information content (AvgIpc) is 2.89. The lowest BCUT2D eigenvalue weighted by Crippen LogP contribution is -2.36. The highest BCUT2D eigenvalue weighted by Gasteiger charge is 2.19. The van der Waals surface area contributed by atoms with Gasteiger partial charge in [0, 0.05) is 22.4 Å².